The van der Waals surface area contributed by atoms with Crippen LogP contribution < -0.4 is 4.74 Å². The van der Waals surface area contributed by atoms with Crippen LogP contribution in [0, 0.1) is 0 Å². The fraction of sp³-hybridized carbons (Fsp3) is 0.250. The Hall–Kier alpha value is -1.52. The Morgan fingerprint density at radius 1 is 1.47 bits per heavy atom. The van der Waals surface area contributed by atoms with Gasteiger partial charge in [-0.3, -0.25) is 4.68 Å². The third-order valence-corrected chi connectivity index (χ3v) is 2.83. The number of aromatic nitrogens is 2. The first-order valence-corrected chi connectivity index (χ1v) is 5.50. The second-order valence-corrected chi connectivity index (χ2v) is 4.12. The summed E-state index contributed by atoms with van der Waals surface area (Å²) in [4.78, 5) is 0. The van der Waals surface area contributed by atoms with E-state index in [2.05, 4.69) is 5.10 Å². The van der Waals surface area contributed by atoms with Gasteiger partial charge in [0.15, 0.2) is 5.75 Å². The van der Waals surface area contributed by atoms with Crippen LogP contribution in [0.3, 0.4) is 0 Å². The van der Waals surface area contributed by atoms with Gasteiger partial charge in [-0.2, -0.15) is 5.10 Å². The van der Waals surface area contributed by atoms with E-state index in [9.17, 15) is 5.11 Å². The van der Waals surface area contributed by atoms with Crippen LogP contribution in [0.1, 0.15) is 17.4 Å². The smallest absolute Gasteiger partial charge is 0.162 e. The van der Waals surface area contributed by atoms with Crippen molar-refractivity contribution in [1.29, 1.82) is 0 Å². The molecule has 4 nitrogen and oxygen atoms in total. The molecular formula is C12H13ClN2O2. The summed E-state index contributed by atoms with van der Waals surface area (Å²) in [5.41, 5.74) is 1.31. The summed E-state index contributed by atoms with van der Waals surface area (Å²) in [6.07, 6.45) is 0.763. The molecule has 1 aromatic heterocycles. The Labute approximate surface area is 104 Å². The zero-order valence-electron chi connectivity index (χ0n) is 9.59. The fourth-order valence-electron chi connectivity index (χ4n) is 1.73. The van der Waals surface area contributed by atoms with E-state index in [0.717, 1.165) is 0 Å². The first-order valence-electron chi connectivity index (χ1n) is 5.13. The predicted octanol–water partition coefficient (Wildman–Crippen LogP) is 2.16. The van der Waals surface area contributed by atoms with E-state index >= 15 is 0 Å². The minimum absolute atomic E-state index is 0.556. The molecule has 0 saturated heterocycles. The number of hydrogen-bond donors (Lipinski definition) is 1. The number of aryl methyl sites for hydroxylation is 1. The molecule has 0 aliphatic heterocycles. The highest BCUT2D eigenvalue weighted by Crippen LogP contribution is 2.30. The number of halogens is 1. The highest BCUT2D eigenvalue weighted by Gasteiger charge is 2.20. The van der Waals surface area contributed by atoms with Crippen molar-refractivity contribution < 1.29 is 9.84 Å². The minimum atomic E-state index is -0.809. The van der Waals surface area contributed by atoms with Gasteiger partial charge in [-0.25, -0.2) is 0 Å². The maximum atomic E-state index is 10.3. The highest BCUT2D eigenvalue weighted by atomic mass is 35.5. The van der Waals surface area contributed by atoms with Crippen molar-refractivity contribution in [3.63, 3.8) is 0 Å². The molecule has 0 saturated carbocycles. The number of aliphatic hydroxyl groups excluding tert-OH is 1. The van der Waals surface area contributed by atoms with Crippen LogP contribution in [0.4, 0.5) is 0 Å². The van der Waals surface area contributed by atoms with Crippen LogP contribution in [0.5, 0.6) is 5.75 Å². The van der Waals surface area contributed by atoms with Gasteiger partial charge in [-0.15, -0.1) is 0 Å². The summed E-state index contributed by atoms with van der Waals surface area (Å²) in [5.74, 6) is 0.556. The molecule has 1 unspecified atom stereocenters. The average molecular weight is 253 g/mol. The van der Waals surface area contributed by atoms with E-state index in [1.807, 2.05) is 6.07 Å². The maximum absolute atomic E-state index is 10.3. The van der Waals surface area contributed by atoms with Crippen LogP contribution >= 0.6 is 11.6 Å². The normalized spacial score (nSPS) is 12.5. The molecule has 0 fully saturated rings. The molecule has 2 rings (SSSR count). The Morgan fingerprint density at radius 3 is 2.88 bits per heavy atom. The monoisotopic (exact) mass is 252 g/mol. The van der Waals surface area contributed by atoms with E-state index in [1.54, 1.807) is 43.2 Å². The maximum Gasteiger partial charge on any atom is 0.162 e. The van der Waals surface area contributed by atoms with Gasteiger partial charge in [0.1, 0.15) is 11.8 Å². The Morgan fingerprint density at radius 2 is 2.24 bits per heavy atom. The average Bonchev–Trinajstić information content (AvgIpc) is 2.69. The summed E-state index contributed by atoms with van der Waals surface area (Å²) in [7, 11) is 3.30. The molecule has 0 spiro atoms. The van der Waals surface area contributed by atoms with Crippen molar-refractivity contribution in [3.05, 3.63) is 46.7 Å². The zero-order chi connectivity index (χ0) is 12.4. The Kier molecular flexibility index (Phi) is 3.36. The lowest BCUT2D eigenvalue weighted by Gasteiger charge is -2.13. The van der Waals surface area contributed by atoms with Crippen molar-refractivity contribution >= 4 is 11.6 Å². The van der Waals surface area contributed by atoms with Crippen molar-refractivity contribution in [1.82, 2.24) is 9.78 Å². The number of aliphatic hydroxyl groups is 1. The number of methoxy groups -OCH3 is 1. The molecule has 17 heavy (non-hydrogen) atoms. The van der Waals surface area contributed by atoms with Crippen molar-refractivity contribution in [2.24, 2.45) is 7.05 Å². The first kappa shape index (κ1) is 12.0. The molecule has 5 heteroatoms. The van der Waals surface area contributed by atoms with Gasteiger partial charge in [0.25, 0.3) is 0 Å². The number of hydrogen-bond acceptors (Lipinski definition) is 3. The molecule has 0 bridgehead atoms. The molecule has 1 atom stereocenters. The second kappa shape index (κ2) is 4.77. The van der Waals surface area contributed by atoms with Gasteiger partial charge in [0.2, 0.25) is 0 Å². The van der Waals surface area contributed by atoms with E-state index in [-0.39, 0.29) is 0 Å². The van der Waals surface area contributed by atoms with Crippen LogP contribution in [0.15, 0.2) is 30.5 Å². The van der Waals surface area contributed by atoms with Gasteiger partial charge in [0, 0.05) is 12.1 Å². The third kappa shape index (κ3) is 2.28. The minimum Gasteiger partial charge on any atom is -0.493 e. The van der Waals surface area contributed by atoms with Crippen molar-refractivity contribution in [3.8, 4) is 5.75 Å². The number of nitrogens with zero attached hydrogens (tertiary/aromatic N) is 2. The van der Waals surface area contributed by atoms with Crippen LogP contribution in [-0.2, 0) is 7.05 Å². The molecule has 1 heterocycles. The van der Waals surface area contributed by atoms with Gasteiger partial charge in [-0.05, 0) is 17.7 Å². The SMILES string of the molecule is COc1cnn(C)c1C(O)c1cccc(Cl)c1. The quantitative estimate of drug-likeness (QED) is 0.911. The van der Waals surface area contributed by atoms with E-state index < -0.39 is 6.10 Å². The predicted molar refractivity (Wildman–Crippen MR) is 65.3 cm³/mol. The molecule has 2 aromatic rings. The van der Waals surface area contributed by atoms with E-state index in [1.165, 1.54) is 0 Å². The summed E-state index contributed by atoms with van der Waals surface area (Å²) in [5, 5.41) is 14.9. The van der Waals surface area contributed by atoms with Gasteiger partial charge in [-0.1, -0.05) is 23.7 Å². The number of ether oxygens (including phenoxy) is 1. The summed E-state index contributed by atoms with van der Waals surface area (Å²) in [6, 6.07) is 7.09. The third-order valence-electron chi connectivity index (χ3n) is 2.59. The standard InChI is InChI=1S/C12H13ClN2O2/c1-15-11(10(17-2)7-14-15)12(16)8-4-3-5-9(13)6-8/h3-7,12,16H,1-2H3. The lowest BCUT2D eigenvalue weighted by molar-refractivity contribution is 0.204. The molecule has 1 aromatic carbocycles. The van der Waals surface area contributed by atoms with Crippen molar-refractivity contribution in [2.45, 2.75) is 6.10 Å². The zero-order valence-corrected chi connectivity index (χ0v) is 10.3. The first-order chi connectivity index (χ1) is 8.13. The fourth-order valence-corrected chi connectivity index (χ4v) is 1.93. The van der Waals surface area contributed by atoms with Crippen LogP contribution in [-0.4, -0.2) is 22.0 Å². The van der Waals surface area contributed by atoms with E-state index in [0.29, 0.717) is 22.0 Å². The molecule has 0 aliphatic carbocycles. The Balaban J connectivity index is 2.43. The molecule has 90 valence electrons. The largest absolute Gasteiger partial charge is 0.493 e. The lowest BCUT2D eigenvalue weighted by Crippen LogP contribution is -2.08. The van der Waals surface area contributed by atoms with Crippen molar-refractivity contribution in [2.75, 3.05) is 7.11 Å². The molecule has 0 aliphatic rings. The van der Waals surface area contributed by atoms with Gasteiger partial charge >= 0.3 is 0 Å². The number of benzene rings is 1. The molecular weight excluding hydrogens is 240 g/mol. The summed E-state index contributed by atoms with van der Waals surface area (Å²) < 4.78 is 6.75. The molecule has 0 radical (unpaired) electrons. The number of rotatable bonds is 3. The highest BCUT2D eigenvalue weighted by molar-refractivity contribution is 6.30. The molecule has 0 amide bonds. The Bertz CT molecular complexity index is 525. The van der Waals surface area contributed by atoms with Crippen LogP contribution in [0.2, 0.25) is 5.02 Å². The van der Waals surface area contributed by atoms with Crippen LogP contribution in [0.25, 0.3) is 0 Å². The topological polar surface area (TPSA) is 47.3 Å². The summed E-state index contributed by atoms with van der Waals surface area (Å²) >= 11 is 5.90. The van der Waals surface area contributed by atoms with E-state index in [4.69, 9.17) is 16.3 Å². The molecule has 1 N–H and O–H groups in total. The lowest BCUT2D eigenvalue weighted by atomic mass is 10.1. The van der Waals surface area contributed by atoms with Gasteiger partial charge in [0.05, 0.1) is 13.3 Å². The summed E-state index contributed by atoms with van der Waals surface area (Å²) in [6.45, 7) is 0. The van der Waals surface area contributed by atoms with Gasteiger partial charge < -0.3 is 9.84 Å². The second-order valence-electron chi connectivity index (χ2n) is 3.68.